The molecule has 0 amide bonds. The third kappa shape index (κ3) is 1.78. The predicted octanol–water partition coefficient (Wildman–Crippen LogP) is 1.52. The highest BCUT2D eigenvalue weighted by Crippen LogP contribution is 2.39. The van der Waals surface area contributed by atoms with Gasteiger partial charge in [0.25, 0.3) is 0 Å². The molecule has 0 fully saturated rings. The first kappa shape index (κ1) is 11.8. The predicted molar refractivity (Wildman–Crippen MR) is 70.3 cm³/mol. The van der Waals surface area contributed by atoms with Crippen LogP contribution in [0.5, 0.6) is 0 Å². The first-order chi connectivity index (χ1) is 9.22. The van der Waals surface area contributed by atoms with E-state index in [2.05, 4.69) is 0 Å². The molecule has 0 saturated heterocycles. The summed E-state index contributed by atoms with van der Waals surface area (Å²) in [5.74, 6) is -0.700. The number of fused-ring (bicyclic) bond motifs is 3. The minimum atomic E-state index is -0.417. The summed E-state index contributed by atoms with van der Waals surface area (Å²) in [4.78, 5) is 24.0. The molecule has 3 rings (SSSR count). The number of carbonyl (C=O) groups is 2. The number of benzene rings is 1. The molecule has 0 spiro atoms. The molecule has 0 saturated carbocycles. The van der Waals surface area contributed by atoms with E-state index in [1.165, 1.54) is 6.08 Å². The van der Waals surface area contributed by atoms with E-state index in [1.807, 2.05) is 24.3 Å². The number of rotatable bonds is 3. The molecule has 4 nitrogen and oxygen atoms in total. The second kappa shape index (κ2) is 4.42. The van der Waals surface area contributed by atoms with Crippen LogP contribution in [0.4, 0.5) is 0 Å². The van der Waals surface area contributed by atoms with Gasteiger partial charge in [-0.25, -0.2) is 0 Å². The van der Waals surface area contributed by atoms with Gasteiger partial charge in [0.2, 0.25) is 0 Å². The topological polar surface area (TPSA) is 66.4 Å². The Bertz CT molecular complexity index is 680. The van der Waals surface area contributed by atoms with Crippen molar-refractivity contribution in [3.05, 3.63) is 58.7 Å². The molecular formula is C15H11NO3. The SMILES string of the molecule is O=C(CNO)C1=CC=C2C(=Cc3ccccc32)C1=O. The van der Waals surface area contributed by atoms with Crippen molar-refractivity contribution in [1.29, 1.82) is 0 Å². The minimum absolute atomic E-state index is 0.101. The van der Waals surface area contributed by atoms with Crippen LogP contribution in [-0.2, 0) is 9.59 Å². The second-order valence-electron chi connectivity index (χ2n) is 4.39. The summed E-state index contributed by atoms with van der Waals surface area (Å²) in [5.41, 5.74) is 5.28. The number of hydrogen-bond donors (Lipinski definition) is 2. The van der Waals surface area contributed by atoms with E-state index in [-0.39, 0.29) is 17.9 Å². The Labute approximate surface area is 109 Å². The smallest absolute Gasteiger partial charge is 0.197 e. The van der Waals surface area contributed by atoms with Crippen LogP contribution in [0.25, 0.3) is 11.6 Å². The fourth-order valence-corrected chi connectivity index (χ4v) is 2.39. The Balaban J connectivity index is 2.04. The van der Waals surface area contributed by atoms with Crippen molar-refractivity contribution in [2.75, 3.05) is 6.54 Å². The Morgan fingerprint density at radius 2 is 1.95 bits per heavy atom. The van der Waals surface area contributed by atoms with Gasteiger partial charge < -0.3 is 5.21 Å². The summed E-state index contributed by atoms with van der Waals surface area (Å²) < 4.78 is 0. The van der Waals surface area contributed by atoms with Gasteiger partial charge in [-0.15, -0.1) is 0 Å². The molecule has 0 bridgehead atoms. The number of hydroxylamine groups is 1. The highest BCUT2D eigenvalue weighted by atomic mass is 16.5. The first-order valence-corrected chi connectivity index (χ1v) is 5.90. The number of allylic oxidation sites excluding steroid dienone is 4. The fraction of sp³-hybridized carbons (Fsp3) is 0.0667. The lowest BCUT2D eigenvalue weighted by molar-refractivity contribution is -0.120. The van der Waals surface area contributed by atoms with Crippen molar-refractivity contribution in [3.63, 3.8) is 0 Å². The van der Waals surface area contributed by atoms with Crippen LogP contribution in [-0.4, -0.2) is 23.3 Å². The van der Waals surface area contributed by atoms with Gasteiger partial charge in [0.1, 0.15) is 0 Å². The quantitative estimate of drug-likeness (QED) is 0.633. The molecule has 1 aromatic rings. The van der Waals surface area contributed by atoms with E-state index >= 15 is 0 Å². The zero-order chi connectivity index (χ0) is 13.4. The normalized spacial score (nSPS) is 16.3. The lowest BCUT2D eigenvalue weighted by Crippen LogP contribution is -2.26. The molecule has 0 radical (unpaired) electrons. The van der Waals surface area contributed by atoms with E-state index in [0.717, 1.165) is 16.7 Å². The molecule has 0 aliphatic heterocycles. The van der Waals surface area contributed by atoms with E-state index in [9.17, 15) is 9.59 Å². The Hall–Kier alpha value is -2.30. The second-order valence-corrected chi connectivity index (χ2v) is 4.39. The third-order valence-electron chi connectivity index (χ3n) is 3.29. The lowest BCUT2D eigenvalue weighted by atomic mass is 9.89. The van der Waals surface area contributed by atoms with Gasteiger partial charge in [-0.2, -0.15) is 5.48 Å². The number of Topliss-reactive ketones (excluding diaryl/α,β-unsaturated/α-hetero) is 2. The minimum Gasteiger partial charge on any atom is -0.316 e. The molecule has 1 aromatic carbocycles. The summed E-state index contributed by atoms with van der Waals surface area (Å²) in [6.45, 7) is -0.263. The van der Waals surface area contributed by atoms with E-state index < -0.39 is 5.78 Å². The van der Waals surface area contributed by atoms with Gasteiger partial charge in [0.05, 0.1) is 12.1 Å². The van der Waals surface area contributed by atoms with Crippen LogP contribution in [0.1, 0.15) is 11.1 Å². The molecule has 4 heteroatoms. The average molecular weight is 253 g/mol. The summed E-state index contributed by atoms with van der Waals surface area (Å²) in [5, 5.41) is 8.54. The van der Waals surface area contributed by atoms with Crippen LogP contribution >= 0.6 is 0 Å². The van der Waals surface area contributed by atoms with Crippen LogP contribution < -0.4 is 5.48 Å². The fourth-order valence-electron chi connectivity index (χ4n) is 2.39. The van der Waals surface area contributed by atoms with E-state index in [1.54, 1.807) is 17.6 Å². The molecule has 19 heavy (non-hydrogen) atoms. The zero-order valence-electron chi connectivity index (χ0n) is 10.0. The Morgan fingerprint density at radius 3 is 2.74 bits per heavy atom. The van der Waals surface area contributed by atoms with Crippen molar-refractivity contribution in [2.45, 2.75) is 0 Å². The molecule has 2 aliphatic carbocycles. The molecule has 0 heterocycles. The van der Waals surface area contributed by atoms with E-state index in [4.69, 9.17) is 5.21 Å². The van der Waals surface area contributed by atoms with Crippen molar-refractivity contribution < 1.29 is 14.8 Å². The van der Waals surface area contributed by atoms with Crippen LogP contribution in [0.2, 0.25) is 0 Å². The maximum Gasteiger partial charge on any atom is 0.197 e. The standard InChI is InChI=1S/C15H11NO3/c17-14(8-16-19)12-6-5-11-10-4-2-1-3-9(10)7-13(11)15(12)18/h1-7,16,19H,8H2. The summed E-state index contributed by atoms with van der Waals surface area (Å²) in [7, 11) is 0. The summed E-state index contributed by atoms with van der Waals surface area (Å²) in [6, 6.07) is 7.72. The molecule has 2 N–H and O–H groups in total. The molecule has 2 aliphatic rings. The van der Waals surface area contributed by atoms with Crippen LogP contribution in [0.3, 0.4) is 0 Å². The highest BCUT2D eigenvalue weighted by molar-refractivity contribution is 6.35. The molecule has 0 unspecified atom stereocenters. The van der Waals surface area contributed by atoms with Crippen molar-refractivity contribution >= 4 is 23.2 Å². The van der Waals surface area contributed by atoms with Crippen LogP contribution in [0.15, 0.2) is 47.6 Å². The number of hydrogen-bond acceptors (Lipinski definition) is 4. The van der Waals surface area contributed by atoms with Gasteiger partial charge in [-0.05, 0) is 28.9 Å². The van der Waals surface area contributed by atoms with Gasteiger partial charge in [0.15, 0.2) is 11.6 Å². The first-order valence-electron chi connectivity index (χ1n) is 5.90. The van der Waals surface area contributed by atoms with Crippen molar-refractivity contribution in [3.8, 4) is 0 Å². The Morgan fingerprint density at radius 1 is 1.16 bits per heavy atom. The monoisotopic (exact) mass is 253 g/mol. The van der Waals surface area contributed by atoms with Crippen molar-refractivity contribution in [1.82, 2.24) is 5.48 Å². The zero-order valence-corrected chi connectivity index (χ0v) is 10.0. The molecular weight excluding hydrogens is 242 g/mol. The van der Waals surface area contributed by atoms with Gasteiger partial charge >= 0.3 is 0 Å². The van der Waals surface area contributed by atoms with E-state index in [0.29, 0.717) is 5.57 Å². The molecule has 0 aromatic heterocycles. The highest BCUT2D eigenvalue weighted by Gasteiger charge is 2.30. The third-order valence-corrected chi connectivity index (χ3v) is 3.29. The summed E-state index contributed by atoms with van der Waals surface area (Å²) >= 11 is 0. The Kier molecular flexibility index (Phi) is 2.74. The number of carbonyl (C=O) groups excluding carboxylic acids is 2. The van der Waals surface area contributed by atoms with Gasteiger partial charge in [-0.3, -0.25) is 9.59 Å². The maximum absolute atomic E-state index is 12.3. The van der Waals surface area contributed by atoms with Gasteiger partial charge in [0, 0.05) is 5.57 Å². The summed E-state index contributed by atoms with van der Waals surface area (Å²) in [6.07, 6.45) is 5.11. The maximum atomic E-state index is 12.3. The van der Waals surface area contributed by atoms with Crippen LogP contribution in [0, 0.1) is 0 Å². The van der Waals surface area contributed by atoms with Crippen molar-refractivity contribution in [2.24, 2.45) is 0 Å². The largest absolute Gasteiger partial charge is 0.316 e. The number of ketones is 2. The van der Waals surface area contributed by atoms with Gasteiger partial charge in [-0.1, -0.05) is 30.3 Å². The number of nitrogens with one attached hydrogen (secondary N) is 1. The average Bonchev–Trinajstić information content (AvgIpc) is 2.79. The lowest BCUT2D eigenvalue weighted by Gasteiger charge is -2.12. The molecule has 94 valence electrons. The molecule has 0 atom stereocenters.